The third-order valence-corrected chi connectivity index (χ3v) is 3.65. The standard InChI is InChI=1S/C12H10ClN7S/c13-9-6-10(16-11(14)15-9)21-12-17-18-19-20(12)7-8-4-2-1-3-5-8/h1-6H,7H2,(H2,14,15,16). The number of tetrazole rings is 1. The number of aromatic nitrogens is 6. The van der Waals surface area contributed by atoms with E-state index in [4.69, 9.17) is 17.3 Å². The summed E-state index contributed by atoms with van der Waals surface area (Å²) in [6.45, 7) is 0.574. The van der Waals surface area contributed by atoms with E-state index in [0.29, 0.717) is 16.7 Å². The van der Waals surface area contributed by atoms with E-state index in [2.05, 4.69) is 25.5 Å². The van der Waals surface area contributed by atoms with Crippen molar-refractivity contribution in [2.45, 2.75) is 16.7 Å². The Hall–Kier alpha value is -2.19. The Morgan fingerprint density at radius 1 is 1.19 bits per heavy atom. The van der Waals surface area contributed by atoms with Gasteiger partial charge in [-0.3, -0.25) is 0 Å². The van der Waals surface area contributed by atoms with Gasteiger partial charge in [0.25, 0.3) is 0 Å². The molecule has 21 heavy (non-hydrogen) atoms. The fourth-order valence-corrected chi connectivity index (χ4v) is 2.72. The lowest BCUT2D eigenvalue weighted by molar-refractivity contribution is 0.602. The van der Waals surface area contributed by atoms with Gasteiger partial charge in [-0.1, -0.05) is 41.9 Å². The largest absolute Gasteiger partial charge is 0.368 e. The Balaban J connectivity index is 1.82. The van der Waals surface area contributed by atoms with Crippen LogP contribution >= 0.6 is 23.4 Å². The van der Waals surface area contributed by atoms with E-state index in [1.54, 1.807) is 10.7 Å². The monoisotopic (exact) mass is 319 g/mol. The first-order chi connectivity index (χ1) is 10.2. The van der Waals surface area contributed by atoms with Crippen molar-refractivity contribution >= 4 is 29.3 Å². The van der Waals surface area contributed by atoms with Gasteiger partial charge in [0.15, 0.2) is 0 Å². The van der Waals surface area contributed by atoms with E-state index in [-0.39, 0.29) is 11.1 Å². The van der Waals surface area contributed by atoms with E-state index in [9.17, 15) is 0 Å². The van der Waals surface area contributed by atoms with Gasteiger partial charge in [-0.25, -0.2) is 14.6 Å². The average molecular weight is 320 g/mol. The van der Waals surface area contributed by atoms with Gasteiger partial charge in [-0.2, -0.15) is 0 Å². The summed E-state index contributed by atoms with van der Waals surface area (Å²) in [5.74, 6) is 0.118. The first-order valence-corrected chi connectivity index (χ1v) is 7.18. The number of nitrogens with zero attached hydrogens (tertiary/aromatic N) is 6. The molecule has 2 aromatic heterocycles. The third kappa shape index (κ3) is 3.47. The second-order valence-corrected chi connectivity index (χ2v) is 5.47. The number of benzene rings is 1. The highest BCUT2D eigenvalue weighted by molar-refractivity contribution is 7.99. The van der Waals surface area contributed by atoms with Gasteiger partial charge in [-0.15, -0.1) is 5.10 Å². The SMILES string of the molecule is Nc1nc(Cl)cc(Sc2nnnn2Cc2ccccc2)n1. The molecule has 0 aliphatic carbocycles. The van der Waals surface area contributed by atoms with Crippen LogP contribution in [0.4, 0.5) is 5.95 Å². The number of halogens is 1. The summed E-state index contributed by atoms with van der Waals surface area (Å²) in [7, 11) is 0. The van der Waals surface area contributed by atoms with Gasteiger partial charge in [0.1, 0.15) is 10.2 Å². The summed E-state index contributed by atoms with van der Waals surface area (Å²) in [5, 5.41) is 13.1. The van der Waals surface area contributed by atoms with Crippen molar-refractivity contribution < 1.29 is 0 Å². The summed E-state index contributed by atoms with van der Waals surface area (Å²) in [4.78, 5) is 7.91. The minimum absolute atomic E-state index is 0.118. The molecule has 1 aromatic carbocycles. The van der Waals surface area contributed by atoms with Crippen LogP contribution in [-0.4, -0.2) is 30.2 Å². The molecule has 0 spiro atoms. The van der Waals surface area contributed by atoms with E-state index >= 15 is 0 Å². The number of rotatable bonds is 4. The molecule has 9 heteroatoms. The minimum Gasteiger partial charge on any atom is -0.368 e. The van der Waals surface area contributed by atoms with Crippen LogP contribution in [0, 0.1) is 0 Å². The van der Waals surface area contributed by atoms with Crippen LogP contribution in [0.5, 0.6) is 0 Å². The Labute approximate surface area is 129 Å². The number of anilines is 1. The summed E-state index contributed by atoms with van der Waals surface area (Å²) in [6, 6.07) is 11.5. The normalized spacial score (nSPS) is 10.7. The van der Waals surface area contributed by atoms with Crippen molar-refractivity contribution in [2.24, 2.45) is 0 Å². The maximum atomic E-state index is 5.86. The molecule has 0 amide bonds. The van der Waals surface area contributed by atoms with Crippen molar-refractivity contribution in [3.8, 4) is 0 Å². The van der Waals surface area contributed by atoms with Crippen LogP contribution in [0.2, 0.25) is 5.15 Å². The molecule has 3 rings (SSSR count). The molecule has 2 heterocycles. The Morgan fingerprint density at radius 3 is 2.76 bits per heavy atom. The van der Waals surface area contributed by atoms with Crippen molar-refractivity contribution in [2.75, 3.05) is 5.73 Å². The zero-order chi connectivity index (χ0) is 14.7. The predicted octanol–water partition coefficient (Wildman–Crippen LogP) is 1.90. The van der Waals surface area contributed by atoms with E-state index in [1.807, 2.05) is 30.3 Å². The first-order valence-electron chi connectivity index (χ1n) is 5.99. The molecule has 7 nitrogen and oxygen atoms in total. The molecule has 0 fully saturated rings. The highest BCUT2D eigenvalue weighted by atomic mass is 35.5. The van der Waals surface area contributed by atoms with E-state index in [0.717, 1.165) is 5.56 Å². The van der Waals surface area contributed by atoms with Crippen LogP contribution in [-0.2, 0) is 6.54 Å². The molecule has 2 N–H and O–H groups in total. The van der Waals surface area contributed by atoms with Gasteiger partial charge in [0, 0.05) is 6.07 Å². The smallest absolute Gasteiger partial charge is 0.222 e. The third-order valence-electron chi connectivity index (χ3n) is 2.56. The second kappa shape index (κ2) is 6.06. The lowest BCUT2D eigenvalue weighted by atomic mass is 10.2. The second-order valence-electron chi connectivity index (χ2n) is 4.09. The van der Waals surface area contributed by atoms with Crippen LogP contribution in [0.15, 0.2) is 46.6 Å². The average Bonchev–Trinajstić information content (AvgIpc) is 2.86. The summed E-state index contributed by atoms with van der Waals surface area (Å²) < 4.78 is 1.69. The maximum Gasteiger partial charge on any atom is 0.222 e. The van der Waals surface area contributed by atoms with Crippen molar-refractivity contribution in [3.63, 3.8) is 0 Å². The quantitative estimate of drug-likeness (QED) is 0.734. The Morgan fingerprint density at radius 2 is 2.00 bits per heavy atom. The molecule has 0 aliphatic rings. The minimum atomic E-state index is 0.118. The number of nitrogen functional groups attached to an aromatic ring is 1. The highest BCUT2D eigenvalue weighted by Gasteiger charge is 2.11. The van der Waals surface area contributed by atoms with Crippen LogP contribution in [0.1, 0.15) is 5.56 Å². The molecule has 0 radical (unpaired) electrons. The molecule has 0 atom stereocenters. The van der Waals surface area contributed by atoms with Gasteiger partial charge in [-0.05, 0) is 27.8 Å². The lowest BCUT2D eigenvalue weighted by Gasteiger charge is -2.04. The molecule has 0 saturated heterocycles. The number of hydrogen-bond donors (Lipinski definition) is 1. The van der Waals surface area contributed by atoms with E-state index < -0.39 is 0 Å². The van der Waals surface area contributed by atoms with Crippen molar-refractivity contribution in [3.05, 3.63) is 47.1 Å². The molecule has 106 valence electrons. The molecule has 0 bridgehead atoms. The number of nitrogens with two attached hydrogens (primary N) is 1. The first kappa shape index (κ1) is 13.8. The summed E-state index contributed by atoms with van der Waals surface area (Å²) >= 11 is 7.14. The molecule has 0 saturated carbocycles. The molecule has 0 aliphatic heterocycles. The molecular formula is C12H10ClN7S. The zero-order valence-corrected chi connectivity index (χ0v) is 12.3. The zero-order valence-electron chi connectivity index (χ0n) is 10.7. The van der Waals surface area contributed by atoms with Crippen LogP contribution in [0.25, 0.3) is 0 Å². The van der Waals surface area contributed by atoms with Crippen LogP contribution in [0.3, 0.4) is 0 Å². The van der Waals surface area contributed by atoms with E-state index in [1.165, 1.54) is 11.8 Å². The van der Waals surface area contributed by atoms with Crippen molar-refractivity contribution in [1.29, 1.82) is 0 Å². The molecule has 3 aromatic rings. The predicted molar refractivity (Wildman–Crippen MR) is 78.9 cm³/mol. The van der Waals surface area contributed by atoms with Crippen molar-refractivity contribution in [1.82, 2.24) is 30.2 Å². The fraction of sp³-hybridized carbons (Fsp3) is 0.0833. The van der Waals surface area contributed by atoms with Gasteiger partial charge >= 0.3 is 0 Å². The topological polar surface area (TPSA) is 95.4 Å². The number of hydrogen-bond acceptors (Lipinski definition) is 7. The lowest BCUT2D eigenvalue weighted by Crippen LogP contribution is -2.04. The van der Waals surface area contributed by atoms with Gasteiger partial charge in [0.05, 0.1) is 6.54 Å². The van der Waals surface area contributed by atoms with Gasteiger partial charge in [0.2, 0.25) is 11.1 Å². The molecular weight excluding hydrogens is 310 g/mol. The Bertz CT molecular complexity index is 726. The van der Waals surface area contributed by atoms with Crippen LogP contribution < -0.4 is 5.73 Å². The summed E-state index contributed by atoms with van der Waals surface area (Å²) in [6.07, 6.45) is 0. The fourth-order valence-electron chi connectivity index (χ4n) is 1.68. The Kier molecular flexibility index (Phi) is 3.98. The molecule has 0 unspecified atom stereocenters. The van der Waals surface area contributed by atoms with Gasteiger partial charge < -0.3 is 5.73 Å². The summed E-state index contributed by atoms with van der Waals surface area (Å²) in [5.41, 5.74) is 6.68. The highest BCUT2D eigenvalue weighted by Crippen LogP contribution is 2.26. The maximum absolute atomic E-state index is 5.86.